The molecule has 3 heterocycles. The highest BCUT2D eigenvalue weighted by Gasteiger charge is 2.38. The van der Waals surface area contributed by atoms with E-state index in [9.17, 15) is 14.0 Å². The number of nitrogens with one attached hydrogen (secondary N) is 4. The van der Waals surface area contributed by atoms with Gasteiger partial charge in [0.1, 0.15) is 19.7 Å². The summed E-state index contributed by atoms with van der Waals surface area (Å²) < 4.78 is 27.8. The molecule has 11 heteroatoms. The summed E-state index contributed by atoms with van der Waals surface area (Å²) in [5.74, 6) is -0.975. The van der Waals surface area contributed by atoms with E-state index in [1.54, 1.807) is 18.2 Å². The SMILES string of the molecule is [B]C(Nc1cc(-c2ccc(F)nc2)c2ncc(C#N)c(NCC(C)(C)C)c2c1)(C1=CN(C2CC2)NN1)c1ccc(F)cc1. The van der Waals surface area contributed by atoms with Crippen molar-refractivity contribution in [2.45, 2.75) is 45.1 Å². The molecule has 43 heavy (non-hydrogen) atoms. The third-order valence-corrected chi connectivity index (χ3v) is 7.52. The predicted octanol–water partition coefficient (Wildman–Crippen LogP) is 5.67. The summed E-state index contributed by atoms with van der Waals surface area (Å²) >= 11 is 0. The number of nitrogens with zero attached hydrogens (tertiary/aromatic N) is 4. The van der Waals surface area contributed by atoms with Crippen molar-refractivity contribution in [1.29, 1.82) is 5.26 Å². The normalized spacial score (nSPS) is 16.3. The Kier molecular flexibility index (Phi) is 7.18. The molecule has 0 bridgehead atoms. The third-order valence-electron chi connectivity index (χ3n) is 7.52. The van der Waals surface area contributed by atoms with Crippen LogP contribution >= 0.6 is 0 Å². The lowest BCUT2D eigenvalue weighted by atomic mass is 9.69. The smallest absolute Gasteiger partial charge is 0.212 e. The summed E-state index contributed by atoms with van der Waals surface area (Å²) in [6.45, 7) is 6.90. The number of benzene rings is 2. The number of aromatic nitrogens is 2. The molecule has 4 N–H and O–H groups in total. The van der Waals surface area contributed by atoms with Gasteiger partial charge in [0, 0.05) is 53.4 Å². The zero-order valence-corrected chi connectivity index (χ0v) is 24.2. The molecule has 1 fully saturated rings. The molecule has 2 aromatic heterocycles. The summed E-state index contributed by atoms with van der Waals surface area (Å²) in [5.41, 5.74) is 9.75. The molecule has 2 aromatic carbocycles. The maximum absolute atomic E-state index is 14.0. The van der Waals surface area contributed by atoms with E-state index in [2.05, 4.69) is 58.4 Å². The van der Waals surface area contributed by atoms with E-state index in [-0.39, 0.29) is 11.2 Å². The lowest BCUT2D eigenvalue weighted by Gasteiger charge is -2.34. The summed E-state index contributed by atoms with van der Waals surface area (Å²) in [5, 5.41) is 19.6. The quantitative estimate of drug-likeness (QED) is 0.157. The van der Waals surface area contributed by atoms with Gasteiger partial charge in [0.2, 0.25) is 5.95 Å². The second kappa shape index (κ2) is 10.9. The molecule has 216 valence electrons. The third kappa shape index (κ3) is 5.83. The minimum atomic E-state index is -1.32. The van der Waals surface area contributed by atoms with Crippen molar-refractivity contribution in [3.63, 3.8) is 0 Å². The second-order valence-electron chi connectivity index (χ2n) is 12.2. The van der Waals surface area contributed by atoms with E-state index in [1.807, 2.05) is 23.3 Å². The predicted molar refractivity (Wildman–Crippen MR) is 164 cm³/mol. The van der Waals surface area contributed by atoms with Gasteiger partial charge in [-0.15, -0.1) is 5.53 Å². The molecule has 1 saturated carbocycles. The molecular weight excluding hydrogens is 545 g/mol. The van der Waals surface area contributed by atoms with Crippen LogP contribution in [0.2, 0.25) is 0 Å². The molecule has 0 saturated heterocycles. The molecule has 0 amide bonds. The molecule has 1 unspecified atom stereocenters. The number of hydrogen-bond donors (Lipinski definition) is 4. The molecule has 0 spiro atoms. The number of anilines is 2. The Bertz CT molecular complexity index is 1740. The minimum absolute atomic E-state index is 0.0715. The average molecular weight is 576 g/mol. The van der Waals surface area contributed by atoms with Gasteiger partial charge < -0.3 is 16.1 Å². The van der Waals surface area contributed by atoms with Gasteiger partial charge in [-0.1, -0.05) is 32.9 Å². The Morgan fingerprint density at radius 1 is 1.07 bits per heavy atom. The standard InChI is InChI=1S/C32H31BF2N8/c1-31(2,3)18-39-29-20(14-36)16-38-30-25(19-4-11-28(35)37-15-19)12-23(13-26(29)30)40-32(33,21-5-7-22(34)8-6-21)27-17-43(42-41-27)24-9-10-24/h4-8,11-13,15-17,24,40-42H,9-10,18H2,1-3H3,(H,38,39). The van der Waals surface area contributed by atoms with Crippen LogP contribution in [0.5, 0.6) is 0 Å². The van der Waals surface area contributed by atoms with Gasteiger partial charge in [-0.25, -0.2) is 9.37 Å². The van der Waals surface area contributed by atoms with Crippen LogP contribution in [0.25, 0.3) is 22.0 Å². The zero-order chi connectivity index (χ0) is 30.4. The number of hydrazine groups is 2. The number of fused-ring (bicyclic) bond motifs is 1. The Balaban J connectivity index is 1.54. The summed E-state index contributed by atoms with van der Waals surface area (Å²) in [7, 11) is 7.18. The summed E-state index contributed by atoms with van der Waals surface area (Å²) in [4.78, 5) is 8.51. The van der Waals surface area contributed by atoms with Crippen LogP contribution in [0.15, 0.2) is 72.8 Å². The summed E-state index contributed by atoms with van der Waals surface area (Å²) in [6, 6.07) is 15.3. The van der Waals surface area contributed by atoms with Crippen LogP contribution in [-0.2, 0) is 5.44 Å². The van der Waals surface area contributed by atoms with Crippen molar-refractivity contribution in [3.8, 4) is 17.2 Å². The lowest BCUT2D eigenvalue weighted by Crippen LogP contribution is -2.45. The highest BCUT2D eigenvalue weighted by atomic mass is 19.1. The molecule has 2 radical (unpaired) electrons. The van der Waals surface area contributed by atoms with Gasteiger partial charge in [-0.2, -0.15) is 9.65 Å². The highest BCUT2D eigenvalue weighted by molar-refractivity contribution is 6.19. The Labute approximate surface area is 250 Å². The van der Waals surface area contributed by atoms with Crippen molar-refractivity contribution >= 4 is 30.1 Å². The molecular formula is C32H31BF2N8. The minimum Gasteiger partial charge on any atom is -0.383 e. The number of rotatable bonds is 8. The van der Waals surface area contributed by atoms with Gasteiger partial charge in [-0.05, 0) is 60.2 Å². The molecule has 1 aliphatic heterocycles. The van der Waals surface area contributed by atoms with Crippen LogP contribution in [0.3, 0.4) is 0 Å². The maximum atomic E-state index is 14.0. The van der Waals surface area contributed by atoms with Crippen molar-refractivity contribution in [1.82, 2.24) is 25.9 Å². The molecule has 1 atom stereocenters. The zero-order valence-electron chi connectivity index (χ0n) is 24.2. The van der Waals surface area contributed by atoms with E-state index in [1.165, 1.54) is 30.6 Å². The van der Waals surface area contributed by atoms with Gasteiger partial charge in [0.15, 0.2) is 0 Å². The fourth-order valence-corrected chi connectivity index (χ4v) is 5.07. The number of nitriles is 1. The Hall–Kier alpha value is -4.69. The van der Waals surface area contributed by atoms with Crippen LogP contribution in [0.1, 0.15) is 44.7 Å². The van der Waals surface area contributed by atoms with Crippen molar-refractivity contribution in [3.05, 3.63) is 95.7 Å². The first-order valence-electron chi connectivity index (χ1n) is 14.1. The largest absolute Gasteiger partial charge is 0.383 e. The maximum Gasteiger partial charge on any atom is 0.212 e. The lowest BCUT2D eigenvalue weighted by molar-refractivity contribution is 0.260. The van der Waals surface area contributed by atoms with Crippen LogP contribution in [-0.4, -0.2) is 35.4 Å². The van der Waals surface area contributed by atoms with Crippen LogP contribution in [0.4, 0.5) is 20.2 Å². The van der Waals surface area contributed by atoms with E-state index >= 15 is 0 Å². The Morgan fingerprint density at radius 2 is 1.84 bits per heavy atom. The second-order valence-corrected chi connectivity index (χ2v) is 12.2. The van der Waals surface area contributed by atoms with E-state index < -0.39 is 11.4 Å². The van der Waals surface area contributed by atoms with E-state index in [0.29, 0.717) is 62.8 Å². The fourth-order valence-electron chi connectivity index (χ4n) is 5.07. The van der Waals surface area contributed by atoms with Gasteiger partial charge >= 0.3 is 0 Å². The average Bonchev–Trinajstić information content (AvgIpc) is 3.71. The van der Waals surface area contributed by atoms with Gasteiger partial charge in [-0.3, -0.25) is 9.99 Å². The number of hydrogen-bond acceptors (Lipinski definition) is 8. The van der Waals surface area contributed by atoms with E-state index in [0.717, 1.165) is 12.8 Å². The molecule has 8 nitrogen and oxygen atoms in total. The first-order chi connectivity index (χ1) is 20.5. The van der Waals surface area contributed by atoms with Crippen molar-refractivity contribution in [2.75, 3.05) is 17.2 Å². The first kappa shape index (κ1) is 28.4. The van der Waals surface area contributed by atoms with Gasteiger partial charge in [0.25, 0.3) is 0 Å². The molecule has 2 aliphatic rings. The molecule has 6 rings (SSSR count). The van der Waals surface area contributed by atoms with E-state index in [4.69, 9.17) is 7.85 Å². The molecule has 1 aliphatic carbocycles. The monoisotopic (exact) mass is 576 g/mol. The molecule has 4 aromatic rings. The Morgan fingerprint density at radius 3 is 2.49 bits per heavy atom. The van der Waals surface area contributed by atoms with Gasteiger partial charge in [0.05, 0.1) is 27.9 Å². The van der Waals surface area contributed by atoms with Crippen LogP contribution < -0.4 is 21.6 Å². The fraction of sp³-hybridized carbons (Fsp3) is 0.281. The van der Waals surface area contributed by atoms with Crippen molar-refractivity contribution in [2.24, 2.45) is 5.41 Å². The number of halogens is 2. The first-order valence-corrected chi connectivity index (χ1v) is 14.1. The van der Waals surface area contributed by atoms with Crippen LogP contribution in [0, 0.1) is 28.5 Å². The number of pyridine rings is 2. The highest BCUT2D eigenvalue weighted by Crippen LogP contribution is 2.39. The summed E-state index contributed by atoms with van der Waals surface area (Å²) in [6.07, 6.45) is 7.05. The topological polar surface area (TPSA) is 101 Å². The van der Waals surface area contributed by atoms with Crippen molar-refractivity contribution < 1.29 is 8.78 Å².